The van der Waals surface area contributed by atoms with Gasteiger partial charge in [-0.25, -0.2) is 36.4 Å². The van der Waals surface area contributed by atoms with Crippen LogP contribution in [0.25, 0.3) is 0 Å². The molecular formula is C62H121F4N5O11P2S2Si2. The van der Waals surface area contributed by atoms with Crippen LogP contribution in [0.2, 0.25) is 36.3 Å². The lowest BCUT2D eigenvalue weighted by molar-refractivity contribution is 0.00233. The fraction of sp³-hybridized carbons (Fsp3) is 0.774. The first-order valence-electron chi connectivity index (χ1n) is 30.1. The number of nitrogens with zero attached hydrogens (tertiary/aromatic N) is 3. The molecule has 2 aromatic rings. The largest absolute Gasteiger partial charge is 0.475 e. The maximum atomic E-state index is 14.1. The number of amides is 4. The summed E-state index contributed by atoms with van der Waals surface area (Å²) in [5, 5.41) is 14.5. The molecule has 0 spiro atoms. The molecule has 0 fully saturated rings. The molecule has 0 aliphatic carbocycles. The molecule has 16 nitrogen and oxygen atoms in total. The van der Waals surface area contributed by atoms with Crippen molar-refractivity contribution in [3.05, 3.63) is 70.8 Å². The Balaban J connectivity index is -0.00000131. The molecular weight excluding hydrogens is 1250 g/mol. The minimum absolute atomic E-state index is 0. The van der Waals surface area contributed by atoms with Crippen LogP contribution in [-0.4, -0.2) is 135 Å². The number of rotatable bonds is 27. The molecule has 0 heterocycles. The van der Waals surface area contributed by atoms with Crippen LogP contribution in [0.15, 0.2) is 36.4 Å². The minimum atomic E-state index is -3.87. The average Bonchev–Trinajstić information content (AvgIpc) is 1.94. The molecule has 0 aliphatic rings. The SMILES string of the molecule is CC(C)N(C(C)C)P(OC(C)(C)C)OC(C)(C)C.CN(C(=O)NCc1cccc(F)c1F)[C@@H](CCCO)CO[Si](C)(C)C(C)(C)C.CN(C(=O)NCc1cccc(F)c1F)[C@@H](CCCOP(=O)(OC(C)(C)C)OC(C)(C)C)CO[Si](C)(C)C(C)(C)C.S.S. The summed E-state index contributed by atoms with van der Waals surface area (Å²) < 4.78 is 112. The van der Waals surface area contributed by atoms with E-state index in [-0.39, 0.29) is 104 Å². The Morgan fingerprint density at radius 3 is 1.19 bits per heavy atom. The first-order chi connectivity index (χ1) is 38.7. The number of likely N-dealkylation sites (N-methyl/N-ethyl adjacent to an activating group) is 2. The molecule has 2 aromatic carbocycles. The molecule has 26 heteroatoms. The van der Waals surface area contributed by atoms with E-state index in [1.54, 1.807) is 55.6 Å². The zero-order valence-electron chi connectivity index (χ0n) is 59.1. The van der Waals surface area contributed by atoms with Crippen LogP contribution in [0.4, 0.5) is 27.2 Å². The maximum Gasteiger partial charge on any atom is 0.475 e. The third kappa shape index (κ3) is 35.4. The number of urea groups is 2. The van der Waals surface area contributed by atoms with E-state index in [1.165, 1.54) is 34.1 Å². The summed E-state index contributed by atoms with van der Waals surface area (Å²) in [7, 11) is -5.75. The predicted molar refractivity (Wildman–Crippen MR) is 369 cm³/mol. The topological polar surface area (TPSA) is 170 Å². The summed E-state index contributed by atoms with van der Waals surface area (Å²) in [4.78, 5) is 28.6. The van der Waals surface area contributed by atoms with Gasteiger partial charge in [-0.1, -0.05) is 65.8 Å². The van der Waals surface area contributed by atoms with Crippen molar-refractivity contribution in [3.8, 4) is 0 Å². The lowest BCUT2D eigenvalue weighted by Gasteiger charge is -2.41. The molecule has 88 heavy (non-hydrogen) atoms. The van der Waals surface area contributed by atoms with E-state index in [1.807, 2.05) is 0 Å². The summed E-state index contributed by atoms with van der Waals surface area (Å²) in [5.41, 5.74) is -1.75. The van der Waals surface area contributed by atoms with Gasteiger partial charge in [0.05, 0.1) is 54.3 Å². The minimum Gasteiger partial charge on any atom is -0.415 e. The molecule has 0 aliphatic heterocycles. The lowest BCUT2D eigenvalue weighted by Crippen LogP contribution is -2.49. The Labute approximate surface area is 547 Å². The molecule has 0 aromatic heterocycles. The quantitative estimate of drug-likeness (QED) is 0.0335. The Kier molecular flexibility index (Phi) is 39.5. The van der Waals surface area contributed by atoms with Gasteiger partial charge in [0.2, 0.25) is 0 Å². The fourth-order valence-electron chi connectivity index (χ4n) is 7.23. The number of aliphatic hydroxyl groups excluding tert-OH is 1. The van der Waals surface area contributed by atoms with Crippen molar-refractivity contribution in [2.24, 2.45) is 0 Å². The van der Waals surface area contributed by atoms with E-state index in [0.29, 0.717) is 44.4 Å². The second-order valence-electron chi connectivity index (χ2n) is 29.3. The highest BCUT2D eigenvalue weighted by Gasteiger charge is 2.41. The average molecular weight is 1370 g/mol. The number of hydrogen-bond acceptors (Lipinski definition) is 12. The van der Waals surface area contributed by atoms with Gasteiger partial charge in [-0.15, -0.1) is 0 Å². The van der Waals surface area contributed by atoms with Gasteiger partial charge < -0.3 is 43.4 Å². The highest BCUT2D eigenvalue weighted by atomic mass is 32.1. The first kappa shape index (κ1) is 90.3. The van der Waals surface area contributed by atoms with Crippen LogP contribution in [0.3, 0.4) is 0 Å². The van der Waals surface area contributed by atoms with Gasteiger partial charge in [-0.05, 0) is 185 Å². The number of aliphatic hydroxyl groups is 1. The number of carbonyl (C=O) groups is 2. The third-order valence-corrected chi connectivity index (χ3v) is 27.6. The number of benzene rings is 2. The molecule has 0 bridgehead atoms. The zero-order valence-corrected chi connectivity index (χ0v) is 64.9. The standard InChI is InChI=1S/C28H51F2N2O6PSi.C20H34F2N2O3Si.C14H32NO2P.2H2S/c1-26(2,3)37-39(34,38-27(4,5)6)35-18-14-16-22(20-36-40(11,12)28(7,8)9)32(10)25(33)31-19-21-15-13-17-23(29)24(21)30;1-20(2,3)28(5,6)27-14-16(10-8-12-25)24(4)19(26)23-13-15-9-7-11-17(21)18(15)22;1-11(2)15(12(3)4)18(16-13(5,6)7)17-14(8,9)10;;/h13,15,17,22H,14,16,18-20H2,1-12H3,(H,31,33);7,9,11,16,25H,8,10,12-14H2,1-6H3,(H,23,26);11-12H,1-10H3;2*1H2/t22-;16-;;;/m00.../s1. The van der Waals surface area contributed by atoms with Crippen molar-refractivity contribution in [2.45, 2.75) is 274 Å². The molecule has 0 radical (unpaired) electrons. The van der Waals surface area contributed by atoms with E-state index >= 15 is 0 Å². The highest BCUT2D eigenvalue weighted by Crippen LogP contribution is 2.56. The molecule has 3 N–H and O–H groups in total. The Bertz CT molecular complexity index is 2360. The number of hydrogen-bond donors (Lipinski definition) is 3. The van der Waals surface area contributed by atoms with Crippen molar-refractivity contribution in [1.82, 2.24) is 25.1 Å². The van der Waals surface area contributed by atoms with Gasteiger partial charge in [-0.3, -0.25) is 13.6 Å². The van der Waals surface area contributed by atoms with E-state index in [2.05, 4.69) is 152 Å². The fourth-order valence-corrected chi connectivity index (χ4v) is 13.1. The lowest BCUT2D eigenvalue weighted by atomic mass is 10.1. The first-order valence-corrected chi connectivity index (χ1v) is 38.5. The summed E-state index contributed by atoms with van der Waals surface area (Å²) >= 11 is 0. The molecule has 0 saturated carbocycles. The van der Waals surface area contributed by atoms with E-state index in [4.69, 9.17) is 31.5 Å². The number of nitrogens with one attached hydrogen (secondary N) is 2. The second-order valence-corrected chi connectivity index (χ2v) is 41.8. The summed E-state index contributed by atoms with van der Waals surface area (Å²) in [6.45, 7) is 53.7. The van der Waals surface area contributed by atoms with Gasteiger partial charge in [0.15, 0.2) is 39.9 Å². The Morgan fingerprint density at radius 2 is 0.909 bits per heavy atom. The van der Waals surface area contributed by atoms with Crippen molar-refractivity contribution in [2.75, 3.05) is 40.5 Å². The van der Waals surface area contributed by atoms with Crippen LogP contribution in [0.1, 0.15) is 189 Å². The second kappa shape index (κ2) is 38.5. The van der Waals surface area contributed by atoms with Crippen molar-refractivity contribution >= 4 is 72.0 Å². The number of phosphoric acid groups is 1. The molecule has 4 amide bonds. The molecule has 518 valence electrons. The maximum absolute atomic E-state index is 14.1. The third-order valence-electron chi connectivity index (χ3n) is 13.9. The summed E-state index contributed by atoms with van der Waals surface area (Å²) in [6, 6.07) is 7.09. The number of phosphoric ester groups is 1. The van der Waals surface area contributed by atoms with E-state index in [9.17, 15) is 36.8 Å². The van der Waals surface area contributed by atoms with Gasteiger partial charge in [0.25, 0.3) is 8.53 Å². The Hall–Kier alpha value is -1.87. The monoisotopic (exact) mass is 1370 g/mol. The summed E-state index contributed by atoms with van der Waals surface area (Å²) in [6.07, 6.45) is 2.04. The van der Waals surface area contributed by atoms with E-state index in [0.717, 1.165) is 12.1 Å². The van der Waals surface area contributed by atoms with E-state index < -0.39 is 79.5 Å². The highest BCUT2D eigenvalue weighted by molar-refractivity contribution is 7.59. The van der Waals surface area contributed by atoms with Crippen LogP contribution >= 0.6 is 43.3 Å². The van der Waals surface area contributed by atoms with Gasteiger partial charge in [-0.2, -0.15) is 27.0 Å². The normalized spacial score (nSPS) is 13.6. The smallest absolute Gasteiger partial charge is 0.415 e. The van der Waals surface area contributed by atoms with Crippen LogP contribution in [-0.2, 0) is 49.1 Å². The van der Waals surface area contributed by atoms with Crippen molar-refractivity contribution in [3.63, 3.8) is 0 Å². The molecule has 0 unspecified atom stereocenters. The zero-order chi connectivity index (χ0) is 67.4. The molecule has 2 rings (SSSR count). The molecule has 0 saturated heterocycles. The van der Waals surface area contributed by atoms with Crippen LogP contribution < -0.4 is 10.6 Å². The summed E-state index contributed by atoms with van der Waals surface area (Å²) in [5.74, 6) is -3.85. The van der Waals surface area contributed by atoms with Crippen LogP contribution in [0, 0.1) is 23.3 Å². The van der Waals surface area contributed by atoms with Crippen LogP contribution in [0.5, 0.6) is 0 Å². The van der Waals surface area contributed by atoms with Crippen molar-refractivity contribution < 1.29 is 68.3 Å². The number of carbonyl (C=O) groups excluding carboxylic acids is 2. The van der Waals surface area contributed by atoms with Gasteiger partial charge in [0, 0.05) is 57.0 Å². The Morgan fingerprint density at radius 1 is 0.580 bits per heavy atom. The molecule has 2 atom stereocenters. The number of halogens is 4. The van der Waals surface area contributed by atoms with Gasteiger partial charge in [0.1, 0.15) is 0 Å². The van der Waals surface area contributed by atoms with Crippen molar-refractivity contribution in [1.29, 1.82) is 0 Å². The predicted octanol–water partition coefficient (Wildman–Crippen LogP) is 17.5. The van der Waals surface area contributed by atoms with Gasteiger partial charge >= 0.3 is 19.9 Å².